The van der Waals surface area contributed by atoms with Crippen LogP contribution in [0.3, 0.4) is 0 Å². The zero-order valence-corrected chi connectivity index (χ0v) is 6.51. The highest BCUT2D eigenvalue weighted by molar-refractivity contribution is 6.99. The van der Waals surface area contributed by atoms with Gasteiger partial charge < -0.3 is 9.59 Å². The summed E-state index contributed by atoms with van der Waals surface area (Å²) in [6.07, 6.45) is 2.38. The molecule has 0 bridgehead atoms. The van der Waals surface area contributed by atoms with Crippen molar-refractivity contribution in [1.82, 2.24) is 0 Å². The van der Waals surface area contributed by atoms with Crippen LogP contribution in [-0.4, -0.2) is 20.3 Å². The first-order chi connectivity index (χ1) is 4.20. The molecule has 0 N–H and O–H groups in total. The van der Waals surface area contributed by atoms with E-state index in [9.17, 15) is 9.59 Å². The second-order valence-electron chi connectivity index (χ2n) is 1.52. The molecule has 0 fully saturated rings. The fourth-order valence-electron chi connectivity index (χ4n) is 0.316. The average Bonchev–Trinajstić information content (AvgIpc) is 1.87. The highest BCUT2D eigenvalue weighted by atomic mass is 28.2. The molecule has 0 unspecified atom stereocenters. The normalized spacial score (nSPS) is 8.00. The molecule has 0 aliphatic rings. The molecule has 0 aromatic carbocycles. The third-order valence-electron chi connectivity index (χ3n) is 0.804. The molecule has 2 nitrogen and oxygen atoms in total. The monoisotopic (exact) mass is 140 g/mol. The van der Waals surface area contributed by atoms with E-state index in [1.807, 2.05) is 0 Å². The molecule has 0 aliphatic carbocycles. The summed E-state index contributed by atoms with van der Waals surface area (Å²) >= 11 is 0. The SMILES string of the molecule is C=CC(=O)[SiH2]C(=O)C=C. The third kappa shape index (κ3) is 3.61. The van der Waals surface area contributed by atoms with Crippen molar-refractivity contribution in [2.45, 2.75) is 0 Å². The van der Waals surface area contributed by atoms with E-state index in [0.717, 1.165) is 0 Å². The lowest BCUT2D eigenvalue weighted by atomic mass is 10.7. The van der Waals surface area contributed by atoms with Gasteiger partial charge in [0.2, 0.25) is 0 Å². The summed E-state index contributed by atoms with van der Waals surface area (Å²) in [6.45, 7) is 6.49. The number of allylic oxidation sites excluding steroid dienone is 2. The fraction of sp³-hybridized carbons (Fsp3) is 0. The molecule has 0 aromatic rings. The van der Waals surface area contributed by atoms with Crippen LogP contribution in [0.2, 0.25) is 0 Å². The van der Waals surface area contributed by atoms with Crippen LogP contribution in [0.25, 0.3) is 0 Å². The van der Waals surface area contributed by atoms with Crippen LogP contribution in [0, 0.1) is 0 Å². The van der Waals surface area contributed by atoms with Crippen molar-refractivity contribution in [3.8, 4) is 0 Å². The minimum Gasteiger partial charge on any atom is -0.301 e. The summed E-state index contributed by atoms with van der Waals surface area (Å²) in [6, 6.07) is 0. The van der Waals surface area contributed by atoms with Crippen LogP contribution < -0.4 is 0 Å². The molecule has 0 heterocycles. The van der Waals surface area contributed by atoms with Crippen LogP contribution in [0.5, 0.6) is 0 Å². The molecular formula is C6H8O2Si. The Hall–Kier alpha value is -0.963. The number of carbonyl (C=O) groups excluding carboxylic acids is 2. The number of hydrogen-bond donors (Lipinski definition) is 0. The Morgan fingerprint density at radius 2 is 1.44 bits per heavy atom. The maximum atomic E-state index is 10.5. The summed E-state index contributed by atoms with van der Waals surface area (Å²) in [4.78, 5) is 20.9. The summed E-state index contributed by atoms with van der Waals surface area (Å²) in [5.41, 5.74) is 0. The molecule has 0 rings (SSSR count). The summed E-state index contributed by atoms with van der Waals surface area (Å²) in [7, 11) is -1.25. The van der Waals surface area contributed by atoms with Gasteiger partial charge in [-0.25, -0.2) is 0 Å². The zero-order chi connectivity index (χ0) is 7.28. The van der Waals surface area contributed by atoms with E-state index in [1.165, 1.54) is 12.2 Å². The highest BCUT2D eigenvalue weighted by Crippen LogP contribution is 1.73. The topological polar surface area (TPSA) is 34.1 Å². The summed E-state index contributed by atoms with van der Waals surface area (Å²) in [5.74, 6) is 0. The van der Waals surface area contributed by atoms with Crippen LogP contribution >= 0.6 is 0 Å². The summed E-state index contributed by atoms with van der Waals surface area (Å²) in [5, 5.41) is -0.250. The van der Waals surface area contributed by atoms with Gasteiger partial charge in [0.15, 0.2) is 9.52 Å². The van der Waals surface area contributed by atoms with Crippen LogP contribution in [0.1, 0.15) is 0 Å². The van der Waals surface area contributed by atoms with E-state index in [2.05, 4.69) is 13.2 Å². The summed E-state index contributed by atoms with van der Waals surface area (Å²) < 4.78 is 0. The zero-order valence-electron chi connectivity index (χ0n) is 5.09. The van der Waals surface area contributed by atoms with Crippen molar-refractivity contribution < 1.29 is 9.59 Å². The second-order valence-corrected chi connectivity index (χ2v) is 3.27. The second kappa shape index (κ2) is 3.97. The standard InChI is InChI=1S/C6H8O2Si/c1-3-5(7)9-6(8)4-2/h3-4H,1-2,9H2. The first-order valence-corrected chi connectivity index (χ1v) is 3.92. The van der Waals surface area contributed by atoms with Crippen LogP contribution in [-0.2, 0) is 9.59 Å². The minimum atomic E-state index is -1.25. The van der Waals surface area contributed by atoms with Gasteiger partial charge in [0.25, 0.3) is 0 Å². The first-order valence-electron chi connectivity index (χ1n) is 2.51. The average molecular weight is 140 g/mol. The predicted molar refractivity (Wildman–Crippen MR) is 39.0 cm³/mol. The molecule has 0 atom stereocenters. The van der Waals surface area contributed by atoms with Gasteiger partial charge in [-0.05, 0) is 12.2 Å². The molecule has 3 heteroatoms. The molecule has 0 amide bonds. The van der Waals surface area contributed by atoms with E-state index in [1.54, 1.807) is 0 Å². The van der Waals surface area contributed by atoms with Crippen molar-refractivity contribution >= 4 is 20.3 Å². The Morgan fingerprint density at radius 1 is 1.11 bits per heavy atom. The van der Waals surface area contributed by atoms with Gasteiger partial charge in [-0.3, -0.25) is 0 Å². The van der Waals surface area contributed by atoms with Crippen molar-refractivity contribution in [1.29, 1.82) is 0 Å². The number of rotatable bonds is 4. The minimum absolute atomic E-state index is 0.125. The largest absolute Gasteiger partial charge is 0.301 e. The van der Waals surface area contributed by atoms with Crippen molar-refractivity contribution in [2.75, 3.05) is 0 Å². The molecule has 0 aromatic heterocycles. The maximum Gasteiger partial charge on any atom is 0.189 e. The van der Waals surface area contributed by atoms with Gasteiger partial charge in [-0.1, -0.05) is 13.2 Å². The lowest BCUT2D eigenvalue weighted by molar-refractivity contribution is -0.110. The van der Waals surface area contributed by atoms with Crippen molar-refractivity contribution in [3.63, 3.8) is 0 Å². The Balaban J connectivity index is 3.73. The van der Waals surface area contributed by atoms with Gasteiger partial charge in [0, 0.05) is 0 Å². The van der Waals surface area contributed by atoms with Gasteiger partial charge in [-0.2, -0.15) is 0 Å². The lowest BCUT2D eigenvalue weighted by Crippen LogP contribution is -2.14. The van der Waals surface area contributed by atoms with Crippen molar-refractivity contribution in [3.05, 3.63) is 25.3 Å². The van der Waals surface area contributed by atoms with Gasteiger partial charge in [-0.15, -0.1) is 0 Å². The fourth-order valence-corrected chi connectivity index (χ4v) is 0.948. The van der Waals surface area contributed by atoms with E-state index in [4.69, 9.17) is 0 Å². The molecule has 0 saturated carbocycles. The van der Waals surface area contributed by atoms with Crippen LogP contribution in [0.15, 0.2) is 25.3 Å². The smallest absolute Gasteiger partial charge is 0.189 e. The molecule has 9 heavy (non-hydrogen) atoms. The highest BCUT2D eigenvalue weighted by Gasteiger charge is 2.01. The first kappa shape index (κ1) is 8.04. The third-order valence-corrected chi connectivity index (χ3v) is 2.08. The van der Waals surface area contributed by atoms with E-state index in [-0.39, 0.29) is 10.8 Å². The Labute approximate surface area is 56.1 Å². The van der Waals surface area contributed by atoms with Crippen LogP contribution in [0.4, 0.5) is 0 Å². The van der Waals surface area contributed by atoms with E-state index >= 15 is 0 Å². The van der Waals surface area contributed by atoms with Gasteiger partial charge >= 0.3 is 0 Å². The van der Waals surface area contributed by atoms with Crippen molar-refractivity contribution in [2.24, 2.45) is 0 Å². The molecule has 0 saturated heterocycles. The van der Waals surface area contributed by atoms with E-state index < -0.39 is 9.52 Å². The molecular weight excluding hydrogens is 132 g/mol. The maximum absolute atomic E-state index is 10.5. The molecule has 48 valence electrons. The number of carbonyl (C=O) groups is 2. The molecule has 0 spiro atoms. The Morgan fingerprint density at radius 3 is 1.67 bits per heavy atom. The Kier molecular flexibility index (Phi) is 3.55. The quantitative estimate of drug-likeness (QED) is 0.392. The number of hydrogen-bond acceptors (Lipinski definition) is 2. The molecule has 0 radical (unpaired) electrons. The van der Waals surface area contributed by atoms with E-state index in [0.29, 0.717) is 0 Å². The van der Waals surface area contributed by atoms with Gasteiger partial charge in [0.05, 0.1) is 0 Å². The predicted octanol–water partition coefficient (Wildman–Crippen LogP) is -0.420. The lowest BCUT2D eigenvalue weighted by Gasteiger charge is -1.84. The Bertz CT molecular complexity index is 142. The van der Waals surface area contributed by atoms with Gasteiger partial charge in [0.1, 0.15) is 10.8 Å². The molecule has 0 aliphatic heterocycles.